The maximum absolute atomic E-state index is 15.4. The summed E-state index contributed by atoms with van der Waals surface area (Å²) in [5.41, 5.74) is 2.08. The van der Waals surface area contributed by atoms with Gasteiger partial charge in [-0.05, 0) is 57.7 Å². The van der Waals surface area contributed by atoms with Gasteiger partial charge < -0.3 is 10.4 Å². The zero-order valence-electron chi connectivity index (χ0n) is 17.8. The zero-order valence-corrected chi connectivity index (χ0v) is 18.6. The van der Waals surface area contributed by atoms with Gasteiger partial charge in [-0.15, -0.1) is 10.2 Å². The molecule has 2 N–H and O–H groups in total. The summed E-state index contributed by atoms with van der Waals surface area (Å²) in [6.07, 6.45) is 3.09. The Morgan fingerprint density at radius 1 is 1.32 bits per heavy atom. The van der Waals surface area contributed by atoms with E-state index in [2.05, 4.69) is 39.2 Å². The molecule has 2 bridgehead atoms. The lowest BCUT2D eigenvalue weighted by atomic mass is 9.75. The van der Waals surface area contributed by atoms with Crippen LogP contribution in [0.5, 0.6) is 5.75 Å². The Morgan fingerprint density at radius 2 is 2.13 bits per heavy atom. The van der Waals surface area contributed by atoms with E-state index in [4.69, 9.17) is 0 Å². The van der Waals surface area contributed by atoms with Crippen molar-refractivity contribution in [3.8, 4) is 22.0 Å². The molecule has 0 aliphatic carbocycles. The van der Waals surface area contributed by atoms with Crippen LogP contribution in [0, 0.1) is 12.8 Å². The molecule has 1 aromatic carbocycles. The number of alkyl halides is 1. The fraction of sp³-hybridized carbons (Fsp3) is 0.455. The summed E-state index contributed by atoms with van der Waals surface area (Å²) in [7, 11) is 0. The molecule has 9 heteroatoms. The molecule has 7 nitrogen and oxygen atoms in total. The number of aryl methyl sites for hydroxylation is 1. The Bertz CT molecular complexity index is 1170. The standard InChI is InChI=1S/C22H25FN6OS/c1-12-11-24-29(27-12)14-5-6-15(17(30)9-14)20-26-25-19(31-20)13(2)16-10-21(3)7-8-22(4,28-21)18(16)23/h5-6,9,11,16,18,28,30H,2,7-8,10H2,1,3-4H3/t16-,18-,21+,22-/m1/s1. The highest BCUT2D eigenvalue weighted by molar-refractivity contribution is 7.15. The van der Waals surface area contributed by atoms with Gasteiger partial charge in [0, 0.05) is 23.1 Å². The molecule has 0 saturated carbocycles. The third-order valence-corrected chi connectivity index (χ3v) is 7.64. The van der Waals surface area contributed by atoms with Gasteiger partial charge >= 0.3 is 0 Å². The van der Waals surface area contributed by atoms with E-state index < -0.39 is 11.7 Å². The van der Waals surface area contributed by atoms with E-state index >= 15 is 4.39 Å². The molecule has 2 aromatic heterocycles. The molecule has 2 aliphatic heterocycles. The summed E-state index contributed by atoms with van der Waals surface area (Å²) >= 11 is 1.32. The van der Waals surface area contributed by atoms with Crippen LogP contribution in [0.4, 0.5) is 4.39 Å². The van der Waals surface area contributed by atoms with Gasteiger partial charge in [0.2, 0.25) is 0 Å². The predicted octanol–water partition coefficient (Wildman–Crippen LogP) is 4.07. The van der Waals surface area contributed by atoms with Gasteiger partial charge in [-0.25, -0.2) is 4.39 Å². The summed E-state index contributed by atoms with van der Waals surface area (Å²) < 4.78 is 15.4. The van der Waals surface area contributed by atoms with Crippen LogP contribution in [-0.4, -0.2) is 47.5 Å². The Labute approximate surface area is 184 Å². The highest BCUT2D eigenvalue weighted by Gasteiger charge is 2.56. The second-order valence-electron chi connectivity index (χ2n) is 9.23. The summed E-state index contributed by atoms with van der Waals surface area (Å²) in [4.78, 5) is 1.46. The third kappa shape index (κ3) is 3.36. The number of allylic oxidation sites excluding steroid dienone is 1. The first-order chi connectivity index (χ1) is 14.7. The van der Waals surface area contributed by atoms with Crippen molar-refractivity contribution in [2.45, 2.75) is 57.3 Å². The van der Waals surface area contributed by atoms with E-state index in [1.165, 1.54) is 16.1 Å². The molecule has 2 saturated heterocycles. The lowest BCUT2D eigenvalue weighted by Crippen LogP contribution is -2.60. The van der Waals surface area contributed by atoms with Crippen LogP contribution < -0.4 is 5.32 Å². The first-order valence-electron chi connectivity index (χ1n) is 10.4. The number of hydrogen-bond donors (Lipinski definition) is 2. The van der Waals surface area contributed by atoms with Crippen LogP contribution in [0.3, 0.4) is 0 Å². The number of nitrogens with zero attached hydrogens (tertiary/aromatic N) is 5. The summed E-state index contributed by atoms with van der Waals surface area (Å²) in [5, 5.41) is 32.2. The number of halogens is 1. The average molecular weight is 441 g/mol. The van der Waals surface area contributed by atoms with Crippen molar-refractivity contribution in [1.29, 1.82) is 0 Å². The molecule has 0 spiro atoms. The number of phenols is 1. The fourth-order valence-corrected chi connectivity index (χ4v) is 5.86. The van der Waals surface area contributed by atoms with Crippen molar-refractivity contribution in [1.82, 2.24) is 30.5 Å². The number of aromatic hydroxyl groups is 1. The molecule has 4 atom stereocenters. The number of benzene rings is 1. The number of aromatic nitrogens is 5. The minimum atomic E-state index is -1.03. The van der Waals surface area contributed by atoms with Crippen molar-refractivity contribution in [2.24, 2.45) is 5.92 Å². The number of phenolic OH excluding ortho intramolecular Hbond substituents is 1. The highest BCUT2D eigenvalue weighted by atomic mass is 32.1. The number of rotatable bonds is 4. The summed E-state index contributed by atoms with van der Waals surface area (Å²) in [6, 6.07) is 5.17. The van der Waals surface area contributed by atoms with Crippen molar-refractivity contribution >= 4 is 16.9 Å². The van der Waals surface area contributed by atoms with Gasteiger partial charge in [0.15, 0.2) is 5.01 Å². The van der Waals surface area contributed by atoms with Crippen LogP contribution in [0.25, 0.3) is 21.8 Å². The van der Waals surface area contributed by atoms with Gasteiger partial charge in [0.1, 0.15) is 16.9 Å². The van der Waals surface area contributed by atoms with E-state index in [0.717, 1.165) is 18.5 Å². The van der Waals surface area contributed by atoms with E-state index in [1.807, 2.05) is 19.9 Å². The van der Waals surface area contributed by atoms with Crippen LogP contribution in [-0.2, 0) is 0 Å². The van der Waals surface area contributed by atoms with E-state index in [1.54, 1.807) is 18.3 Å². The smallest absolute Gasteiger partial charge is 0.151 e. The Morgan fingerprint density at radius 3 is 2.84 bits per heavy atom. The monoisotopic (exact) mass is 440 g/mol. The Hall–Kier alpha value is -2.65. The molecule has 2 aliphatic rings. The molecule has 5 rings (SSSR count). The highest BCUT2D eigenvalue weighted by Crippen LogP contribution is 2.50. The normalized spacial score (nSPS) is 29.9. The minimum Gasteiger partial charge on any atom is -0.507 e. The topological polar surface area (TPSA) is 88.8 Å². The van der Waals surface area contributed by atoms with E-state index in [9.17, 15) is 5.11 Å². The SMILES string of the molecule is C=C(c1nnc(-c2ccc(-n3ncc(C)n3)cc2O)s1)[C@H]1C[C@]2(C)CC[C@@](C)(N2)[C@@H]1F. The second-order valence-corrected chi connectivity index (χ2v) is 10.2. The zero-order chi connectivity index (χ0) is 22.0. The van der Waals surface area contributed by atoms with Gasteiger partial charge in [-0.3, -0.25) is 0 Å². The first-order valence-corrected chi connectivity index (χ1v) is 11.2. The lowest BCUT2D eigenvalue weighted by molar-refractivity contribution is 0.0771. The Kier molecular flexibility index (Phi) is 4.53. The van der Waals surface area contributed by atoms with Crippen molar-refractivity contribution in [3.05, 3.63) is 41.7 Å². The van der Waals surface area contributed by atoms with Crippen LogP contribution >= 0.6 is 11.3 Å². The number of fused-ring (bicyclic) bond motifs is 2. The number of piperidine rings is 1. The van der Waals surface area contributed by atoms with Crippen molar-refractivity contribution in [2.75, 3.05) is 0 Å². The number of nitrogens with one attached hydrogen (secondary N) is 1. The molecule has 4 heterocycles. The molecular formula is C22H25FN6OS. The molecule has 0 unspecified atom stereocenters. The van der Waals surface area contributed by atoms with Gasteiger partial charge in [0.05, 0.1) is 23.1 Å². The molecule has 3 aromatic rings. The third-order valence-electron chi connectivity index (χ3n) is 6.61. The largest absolute Gasteiger partial charge is 0.507 e. The maximum Gasteiger partial charge on any atom is 0.151 e. The molecule has 2 fully saturated rings. The quantitative estimate of drug-likeness (QED) is 0.636. The van der Waals surface area contributed by atoms with E-state index in [-0.39, 0.29) is 17.2 Å². The second kappa shape index (κ2) is 6.93. The Balaban J connectivity index is 1.41. The average Bonchev–Trinajstić information content (AvgIpc) is 3.44. The van der Waals surface area contributed by atoms with Gasteiger partial charge in [0.25, 0.3) is 0 Å². The van der Waals surface area contributed by atoms with E-state index in [0.29, 0.717) is 33.3 Å². The van der Waals surface area contributed by atoms with Crippen LogP contribution in [0.1, 0.15) is 43.8 Å². The van der Waals surface area contributed by atoms with Crippen molar-refractivity contribution in [3.63, 3.8) is 0 Å². The van der Waals surface area contributed by atoms with Crippen molar-refractivity contribution < 1.29 is 9.50 Å². The number of hydrogen-bond acceptors (Lipinski definition) is 7. The first kappa shape index (κ1) is 20.3. The predicted molar refractivity (Wildman–Crippen MR) is 118 cm³/mol. The lowest BCUT2D eigenvalue weighted by Gasteiger charge is -2.45. The molecule has 31 heavy (non-hydrogen) atoms. The summed E-state index contributed by atoms with van der Waals surface area (Å²) in [6.45, 7) is 10.2. The molecular weight excluding hydrogens is 415 g/mol. The van der Waals surface area contributed by atoms with Crippen LogP contribution in [0.2, 0.25) is 0 Å². The van der Waals surface area contributed by atoms with Crippen LogP contribution in [0.15, 0.2) is 31.0 Å². The molecule has 0 radical (unpaired) electrons. The molecule has 162 valence electrons. The fourth-order valence-electron chi connectivity index (χ4n) is 4.95. The summed E-state index contributed by atoms with van der Waals surface area (Å²) in [5.74, 6) is -0.242. The minimum absolute atomic E-state index is 0.0593. The maximum atomic E-state index is 15.4. The molecule has 0 amide bonds. The van der Waals surface area contributed by atoms with Gasteiger partial charge in [-0.1, -0.05) is 17.9 Å². The van der Waals surface area contributed by atoms with Gasteiger partial charge in [-0.2, -0.15) is 15.0 Å².